The van der Waals surface area contributed by atoms with Crippen molar-refractivity contribution in [1.82, 2.24) is 9.88 Å². The minimum Gasteiger partial charge on any atom is -0.492 e. The molecule has 1 aromatic heterocycles. The van der Waals surface area contributed by atoms with Crippen molar-refractivity contribution in [3.63, 3.8) is 0 Å². The first-order valence-corrected chi connectivity index (χ1v) is 9.72. The third-order valence-corrected chi connectivity index (χ3v) is 5.35. The molecule has 0 saturated heterocycles. The Hall–Kier alpha value is -2.69. The fourth-order valence-corrected chi connectivity index (χ4v) is 3.77. The van der Waals surface area contributed by atoms with E-state index in [4.69, 9.17) is 4.74 Å². The molecular formula is C24H26N2O2. The Balaban J connectivity index is 1.56. The molecule has 2 aromatic carbocycles. The van der Waals surface area contributed by atoms with Gasteiger partial charge in [-0.15, -0.1) is 0 Å². The van der Waals surface area contributed by atoms with E-state index in [1.54, 1.807) is 12.4 Å². The molecule has 1 aliphatic heterocycles. The largest absolute Gasteiger partial charge is 0.492 e. The predicted molar refractivity (Wildman–Crippen MR) is 110 cm³/mol. The molecule has 1 atom stereocenters. The van der Waals surface area contributed by atoms with Crippen LogP contribution in [0, 0.1) is 13.8 Å². The minimum absolute atomic E-state index is 0.669. The van der Waals surface area contributed by atoms with Crippen molar-refractivity contribution in [3.8, 4) is 5.75 Å². The highest BCUT2D eigenvalue weighted by atomic mass is 16.5. The summed E-state index contributed by atoms with van der Waals surface area (Å²) in [5.74, 6) is 0.908. The molecule has 0 spiro atoms. The highest BCUT2D eigenvalue weighted by Crippen LogP contribution is 2.30. The zero-order valence-electron chi connectivity index (χ0n) is 16.4. The lowest BCUT2D eigenvalue weighted by molar-refractivity contribution is 0.218. The number of pyridine rings is 1. The first-order valence-electron chi connectivity index (χ1n) is 9.72. The lowest BCUT2D eigenvalue weighted by atomic mass is 10.00. The summed E-state index contributed by atoms with van der Waals surface area (Å²) in [7, 11) is 0. The van der Waals surface area contributed by atoms with Gasteiger partial charge in [0.25, 0.3) is 0 Å². The number of hydrogen-bond acceptors (Lipinski definition) is 4. The predicted octanol–water partition coefficient (Wildman–Crippen LogP) is 4.17. The highest BCUT2D eigenvalue weighted by Gasteiger charge is 2.19. The number of aromatic nitrogens is 1. The van der Waals surface area contributed by atoms with Crippen molar-refractivity contribution in [1.29, 1.82) is 0 Å². The number of fused-ring (bicyclic) bond motifs is 1. The van der Waals surface area contributed by atoms with Crippen molar-refractivity contribution in [2.45, 2.75) is 33.0 Å². The summed E-state index contributed by atoms with van der Waals surface area (Å²) in [4.78, 5) is 6.52. The topological polar surface area (TPSA) is 45.6 Å². The molecule has 2 heterocycles. The summed E-state index contributed by atoms with van der Waals surface area (Å²) in [6.07, 6.45) is 2.74. The summed E-state index contributed by atoms with van der Waals surface area (Å²) >= 11 is 0. The van der Waals surface area contributed by atoms with Gasteiger partial charge in [0, 0.05) is 43.2 Å². The molecule has 4 heteroatoms. The van der Waals surface area contributed by atoms with E-state index < -0.39 is 6.10 Å². The van der Waals surface area contributed by atoms with Crippen LogP contribution in [0.4, 0.5) is 0 Å². The van der Waals surface area contributed by atoms with E-state index in [1.807, 2.05) is 24.3 Å². The normalized spacial score (nSPS) is 15.4. The average molecular weight is 374 g/mol. The summed E-state index contributed by atoms with van der Waals surface area (Å²) < 4.78 is 5.97. The molecule has 0 bridgehead atoms. The Morgan fingerprint density at radius 3 is 2.79 bits per heavy atom. The van der Waals surface area contributed by atoms with Crippen LogP contribution in [0.1, 0.15) is 39.5 Å². The third kappa shape index (κ3) is 4.08. The van der Waals surface area contributed by atoms with Crippen LogP contribution in [0.3, 0.4) is 0 Å². The van der Waals surface area contributed by atoms with E-state index in [1.165, 1.54) is 16.7 Å². The first kappa shape index (κ1) is 18.7. The van der Waals surface area contributed by atoms with E-state index in [-0.39, 0.29) is 0 Å². The molecule has 0 aliphatic carbocycles. The van der Waals surface area contributed by atoms with Gasteiger partial charge in [0.05, 0.1) is 0 Å². The maximum absolute atomic E-state index is 10.7. The van der Waals surface area contributed by atoms with Gasteiger partial charge in [-0.1, -0.05) is 35.9 Å². The lowest BCUT2D eigenvalue weighted by Crippen LogP contribution is -2.25. The van der Waals surface area contributed by atoms with Gasteiger partial charge >= 0.3 is 0 Å². The van der Waals surface area contributed by atoms with Crippen LogP contribution >= 0.6 is 0 Å². The molecule has 4 rings (SSSR count). The Kier molecular flexibility index (Phi) is 5.42. The molecule has 3 aromatic rings. The zero-order chi connectivity index (χ0) is 19.5. The number of rotatable bonds is 4. The molecular weight excluding hydrogens is 348 g/mol. The monoisotopic (exact) mass is 374 g/mol. The second kappa shape index (κ2) is 8.13. The van der Waals surface area contributed by atoms with Crippen LogP contribution in [-0.4, -0.2) is 28.1 Å². The fourth-order valence-electron chi connectivity index (χ4n) is 3.77. The second-order valence-electron chi connectivity index (χ2n) is 7.55. The summed E-state index contributed by atoms with van der Waals surface area (Å²) in [6.45, 7) is 7.54. The van der Waals surface area contributed by atoms with Crippen LogP contribution in [-0.2, 0) is 13.1 Å². The minimum atomic E-state index is -0.685. The van der Waals surface area contributed by atoms with Crippen molar-refractivity contribution in [2.24, 2.45) is 0 Å². The molecule has 0 saturated carbocycles. The standard InChI is InChI=1S/C24H26N2O2/c1-17-5-6-21(18(2)12-17)15-26-10-11-28-23-8-7-19(13-22(23)16-26)24(27)20-4-3-9-25-14-20/h3-9,12-14,24,27H,10-11,15-16H2,1-2H3/t24-/m1/s1. The molecule has 0 unspecified atom stereocenters. The van der Waals surface area contributed by atoms with Crippen LogP contribution in [0.25, 0.3) is 0 Å². The number of aliphatic hydroxyl groups is 1. The van der Waals surface area contributed by atoms with E-state index in [0.29, 0.717) is 6.61 Å². The van der Waals surface area contributed by atoms with Gasteiger partial charge < -0.3 is 9.84 Å². The van der Waals surface area contributed by atoms with Crippen molar-refractivity contribution in [2.75, 3.05) is 13.2 Å². The number of aliphatic hydroxyl groups excluding tert-OH is 1. The molecule has 28 heavy (non-hydrogen) atoms. The fraction of sp³-hybridized carbons (Fsp3) is 0.292. The summed E-state index contributed by atoms with van der Waals surface area (Å²) in [5, 5.41) is 10.7. The van der Waals surface area contributed by atoms with Gasteiger partial charge in [-0.2, -0.15) is 0 Å². The van der Waals surface area contributed by atoms with Crippen LogP contribution in [0.2, 0.25) is 0 Å². The van der Waals surface area contributed by atoms with E-state index in [0.717, 1.165) is 42.1 Å². The summed E-state index contributed by atoms with van der Waals surface area (Å²) in [6, 6.07) is 16.4. The van der Waals surface area contributed by atoms with E-state index >= 15 is 0 Å². The number of aryl methyl sites for hydroxylation is 2. The Morgan fingerprint density at radius 1 is 1.11 bits per heavy atom. The van der Waals surface area contributed by atoms with Gasteiger partial charge in [0.15, 0.2) is 0 Å². The number of nitrogens with zero attached hydrogens (tertiary/aromatic N) is 2. The van der Waals surface area contributed by atoms with Crippen molar-refractivity contribution >= 4 is 0 Å². The maximum Gasteiger partial charge on any atom is 0.123 e. The average Bonchev–Trinajstić information content (AvgIpc) is 2.91. The maximum atomic E-state index is 10.7. The van der Waals surface area contributed by atoms with Gasteiger partial charge in [-0.3, -0.25) is 9.88 Å². The Bertz CT molecular complexity index is 956. The van der Waals surface area contributed by atoms with Crippen LogP contribution in [0.15, 0.2) is 60.9 Å². The molecule has 0 amide bonds. The molecule has 0 radical (unpaired) electrons. The zero-order valence-corrected chi connectivity index (χ0v) is 16.4. The van der Waals surface area contributed by atoms with Crippen molar-refractivity contribution < 1.29 is 9.84 Å². The van der Waals surface area contributed by atoms with Crippen LogP contribution in [0.5, 0.6) is 5.75 Å². The highest BCUT2D eigenvalue weighted by molar-refractivity contribution is 5.41. The molecule has 0 fully saturated rings. The number of hydrogen-bond donors (Lipinski definition) is 1. The smallest absolute Gasteiger partial charge is 0.123 e. The van der Waals surface area contributed by atoms with Gasteiger partial charge in [0.1, 0.15) is 18.5 Å². The second-order valence-corrected chi connectivity index (χ2v) is 7.55. The molecule has 1 aliphatic rings. The third-order valence-electron chi connectivity index (χ3n) is 5.35. The summed E-state index contributed by atoms with van der Waals surface area (Å²) in [5.41, 5.74) is 6.74. The first-order chi connectivity index (χ1) is 13.6. The van der Waals surface area contributed by atoms with Gasteiger partial charge in [-0.05, 0) is 48.7 Å². The SMILES string of the molecule is Cc1ccc(CN2CCOc3ccc([C@@H](O)c4cccnc4)cc3C2)c(C)c1. The molecule has 1 N–H and O–H groups in total. The van der Waals surface area contributed by atoms with Gasteiger partial charge in [-0.25, -0.2) is 0 Å². The number of ether oxygens (including phenoxy) is 1. The Morgan fingerprint density at radius 2 is 2.00 bits per heavy atom. The molecule has 144 valence electrons. The van der Waals surface area contributed by atoms with Gasteiger partial charge in [0.2, 0.25) is 0 Å². The van der Waals surface area contributed by atoms with Crippen LogP contribution < -0.4 is 4.74 Å². The quantitative estimate of drug-likeness (QED) is 0.744. The Labute approximate surface area is 166 Å². The van der Waals surface area contributed by atoms with E-state index in [2.05, 4.69) is 48.0 Å². The lowest BCUT2D eigenvalue weighted by Gasteiger charge is -2.21. The number of benzene rings is 2. The molecule has 4 nitrogen and oxygen atoms in total. The van der Waals surface area contributed by atoms with E-state index in [9.17, 15) is 5.11 Å². The van der Waals surface area contributed by atoms with Crippen molar-refractivity contribution in [3.05, 3.63) is 94.3 Å².